The molecule has 5 heteroatoms. The number of nitrogens with one attached hydrogen (secondary N) is 1. The van der Waals surface area contributed by atoms with Gasteiger partial charge < -0.3 is 19.5 Å². The van der Waals surface area contributed by atoms with E-state index in [1.54, 1.807) is 0 Å². The molecule has 20 heavy (non-hydrogen) atoms. The van der Waals surface area contributed by atoms with Gasteiger partial charge in [-0.25, -0.2) is 0 Å². The molecule has 2 rings (SSSR count). The molecule has 1 aliphatic rings. The Morgan fingerprint density at radius 3 is 2.75 bits per heavy atom. The minimum absolute atomic E-state index is 0.314. The third-order valence-corrected chi connectivity index (χ3v) is 3.79. The molecule has 0 bridgehead atoms. The average Bonchev–Trinajstić information content (AvgIpc) is 2.84. The van der Waals surface area contributed by atoms with Gasteiger partial charge in [0.25, 0.3) is 0 Å². The zero-order valence-electron chi connectivity index (χ0n) is 12.1. The Balaban J connectivity index is 1.67. The lowest BCUT2D eigenvalue weighted by Crippen LogP contribution is -2.16. The molecule has 0 radical (unpaired) electrons. The summed E-state index contributed by atoms with van der Waals surface area (Å²) in [7, 11) is 0. The third kappa shape index (κ3) is 4.65. The second kappa shape index (κ2) is 7.86. The maximum Gasteiger partial charge on any atom is 0.231 e. The molecule has 0 aliphatic carbocycles. The molecule has 1 aliphatic heterocycles. The van der Waals surface area contributed by atoms with Crippen molar-refractivity contribution in [2.24, 2.45) is 0 Å². The van der Waals surface area contributed by atoms with E-state index in [-0.39, 0.29) is 0 Å². The van der Waals surface area contributed by atoms with Crippen LogP contribution in [-0.2, 0) is 11.3 Å². The number of hydrogen-bond donors (Lipinski definition) is 1. The highest BCUT2D eigenvalue weighted by Gasteiger charge is 2.15. The van der Waals surface area contributed by atoms with Crippen molar-refractivity contribution in [1.29, 1.82) is 0 Å². The van der Waals surface area contributed by atoms with Gasteiger partial charge in [-0.15, -0.1) is 0 Å². The van der Waals surface area contributed by atoms with Gasteiger partial charge in [0, 0.05) is 17.6 Å². The minimum atomic E-state index is 0.314. The van der Waals surface area contributed by atoms with Crippen LogP contribution in [0.2, 0.25) is 0 Å². The van der Waals surface area contributed by atoms with E-state index in [9.17, 15) is 0 Å². The maximum atomic E-state index is 5.51. The highest BCUT2D eigenvalue weighted by Crippen LogP contribution is 2.36. The lowest BCUT2D eigenvalue weighted by atomic mass is 10.2. The van der Waals surface area contributed by atoms with Crippen molar-refractivity contribution in [1.82, 2.24) is 5.32 Å². The average molecular weight is 344 g/mol. The van der Waals surface area contributed by atoms with Crippen LogP contribution in [0.5, 0.6) is 11.5 Å². The van der Waals surface area contributed by atoms with Gasteiger partial charge in [-0.3, -0.25) is 0 Å². The monoisotopic (exact) mass is 343 g/mol. The fourth-order valence-electron chi connectivity index (χ4n) is 1.99. The number of halogens is 1. The minimum Gasteiger partial charge on any atom is -0.454 e. The normalized spacial score (nSPS) is 13.2. The van der Waals surface area contributed by atoms with Crippen molar-refractivity contribution in [3.05, 3.63) is 22.2 Å². The van der Waals surface area contributed by atoms with Crippen LogP contribution in [0.15, 0.2) is 16.6 Å². The molecule has 1 aromatic carbocycles. The van der Waals surface area contributed by atoms with Crippen molar-refractivity contribution in [3.8, 4) is 11.5 Å². The topological polar surface area (TPSA) is 39.7 Å². The molecule has 0 amide bonds. The van der Waals surface area contributed by atoms with Gasteiger partial charge in [-0.05, 0) is 50.9 Å². The lowest BCUT2D eigenvalue weighted by molar-refractivity contribution is 0.0760. The number of hydrogen-bond acceptors (Lipinski definition) is 4. The van der Waals surface area contributed by atoms with E-state index in [2.05, 4.69) is 35.1 Å². The molecular weight excluding hydrogens is 322 g/mol. The van der Waals surface area contributed by atoms with Crippen LogP contribution >= 0.6 is 15.9 Å². The summed E-state index contributed by atoms with van der Waals surface area (Å²) in [5, 5.41) is 3.44. The predicted molar refractivity (Wildman–Crippen MR) is 82.3 cm³/mol. The van der Waals surface area contributed by atoms with Crippen LogP contribution in [0, 0.1) is 0 Å². The zero-order chi connectivity index (χ0) is 14.4. The Morgan fingerprint density at radius 2 is 2.00 bits per heavy atom. The molecule has 0 unspecified atom stereocenters. The third-order valence-electron chi connectivity index (χ3n) is 3.06. The van der Waals surface area contributed by atoms with Crippen molar-refractivity contribution < 1.29 is 14.2 Å². The quantitative estimate of drug-likeness (QED) is 0.733. The summed E-state index contributed by atoms with van der Waals surface area (Å²) in [5.74, 6) is 1.64. The zero-order valence-corrected chi connectivity index (χ0v) is 13.7. The van der Waals surface area contributed by atoms with E-state index in [1.165, 1.54) is 5.56 Å². The largest absolute Gasteiger partial charge is 0.454 e. The van der Waals surface area contributed by atoms with Gasteiger partial charge in [0.2, 0.25) is 6.79 Å². The molecule has 0 spiro atoms. The Labute approximate surface area is 128 Å². The molecular formula is C15H22BrNO3. The fourth-order valence-corrected chi connectivity index (χ4v) is 2.45. The summed E-state index contributed by atoms with van der Waals surface area (Å²) in [6.45, 7) is 7.09. The first kappa shape index (κ1) is 15.6. The molecule has 0 saturated carbocycles. The van der Waals surface area contributed by atoms with Crippen LogP contribution in [-0.4, -0.2) is 26.0 Å². The SMILES string of the molecule is CC(C)OCCCCNCc1cc2c(cc1Br)OCO2. The Hall–Kier alpha value is -0.780. The molecule has 1 aromatic rings. The number of unbranched alkanes of at least 4 members (excludes halogenated alkanes) is 1. The molecule has 1 heterocycles. The van der Waals surface area contributed by atoms with Crippen LogP contribution in [0.4, 0.5) is 0 Å². The summed E-state index contributed by atoms with van der Waals surface area (Å²) in [6, 6.07) is 4.00. The van der Waals surface area contributed by atoms with Crippen LogP contribution in [0.1, 0.15) is 32.3 Å². The fraction of sp³-hybridized carbons (Fsp3) is 0.600. The lowest BCUT2D eigenvalue weighted by Gasteiger charge is -2.09. The molecule has 0 aromatic heterocycles. The highest BCUT2D eigenvalue weighted by atomic mass is 79.9. The second-order valence-electron chi connectivity index (χ2n) is 5.10. The molecule has 1 N–H and O–H groups in total. The van der Waals surface area contributed by atoms with Crippen molar-refractivity contribution in [2.75, 3.05) is 19.9 Å². The van der Waals surface area contributed by atoms with Crippen molar-refractivity contribution >= 4 is 15.9 Å². The Morgan fingerprint density at radius 1 is 1.25 bits per heavy atom. The van der Waals surface area contributed by atoms with E-state index in [4.69, 9.17) is 14.2 Å². The number of fused-ring (bicyclic) bond motifs is 1. The highest BCUT2D eigenvalue weighted by molar-refractivity contribution is 9.10. The summed E-state index contributed by atoms with van der Waals surface area (Å²) in [6.07, 6.45) is 2.54. The number of benzene rings is 1. The summed E-state index contributed by atoms with van der Waals surface area (Å²) in [5.41, 5.74) is 1.19. The molecule has 0 fully saturated rings. The molecule has 4 nitrogen and oxygen atoms in total. The Bertz CT molecular complexity index is 437. The first-order valence-electron chi connectivity index (χ1n) is 7.07. The van der Waals surface area contributed by atoms with E-state index < -0.39 is 0 Å². The van der Waals surface area contributed by atoms with Gasteiger partial charge in [0.15, 0.2) is 11.5 Å². The van der Waals surface area contributed by atoms with Crippen LogP contribution < -0.4 is 14.8 Å². The van der Waals surface area contributed by atoms with Crippen LogP contribution in [0.25, 0.3) is 0 Å². The van der Waals surface area contributed by atoms with E-state index in [0.717, 1.165) is 48.5 Å². The number of rotatable bonds is 8. The summed E-state index contributed by atoms with van der Waals surface area (Å²) >= 11 is 3.56. The maximum absolute atomic E-state index is 5.51. The standard InChI is InChI=1S/C15H22BrNO3/c1-11(2)18-6-4-3-5-17-9-12-7-14-15(8-13(12)16)20-10-19-14/h7-8,11,17H,3-6,9-10H2,1-2H3. The predicted octanol–water partition coefficient (Wildman–Crippen LogP) is 3.47. The van der Waals surface area contributed by atoms with E-state index in [1.807, 2.05) is 12.1 Å². The van der Waals surface area contributed by atoms with E-state index >= 15 is 0 Å². The molecule has 0 saturated heterocycles. The van der Waals surface area contributed by atoms with Gasteiger partial charge >= 0.3 is 0 Å². The first-order chi connectivity index (χ1) is 9.66. The van der Waals surface area contributed by atoms with Crippen molar-refractivity contribution in [2.45, 2.75) is 39.3 Å². The van der Waals surface area contributed by atoms with Crippen molar-refractivity contribution in [3.63, 3.8) is 0 Å². The van der Waals surface area contributed by atoms with Gasteiger partial charge in [0.05, 0.1) is 6.10 Å². The van der Waals surface area contributed by atoms with Gasteiger partial charge in [-0.2, -0.15) is 0 Å². The molecule has 112 valence electrons. The summed E-state index contributed by atoms with van der Waals surface area (Å²) in [4.78, 5) is 0. The van der Waals surface area contributed by atoms with Crippen LogP contribution in [0.3, 0.4) is 0 Å². The smallest absolute Gasteiger partial charge is 0.231 e. The van der Waals surface area contributed by atoms with Gasteiger partial charge in [-0.1, -0.05) is 15.9 Å². The number of ether oxygens (including phenoxy) is 3. The Kier molecular flexibility index (Phi) is 6.13. The second-order valence-corrected chi connectivity index (χ2v) is 5.95. The summed E-state index contributed by atoms with van der Waals surface area (Å²) < 4.78 is 17.3. The van der Waals surface area contributed by atoms with Gasteiger partial charge in [0.1, 0.15) is 0 Å². The molecule has 0 atom stereocenters. The first-order valence-corrected chi connectivity index (χ1v) is 7.86. The van der Waals surface area contributed by atoms with E-state index in [0.29, 0.717) is 12.9 Å².